The average molecular weight is 375 g/mol. The van der Waals surface area contributed by atoms with Crippen LogP contribution in [0, 0.1) is 12.7 Å². The summed E-state index contributed by atoms with van der Waals surface area (Å²) in [5.74, 6) is -0.187. The largest absolute Gasteiger partial charge is 0.320 e. The molecule has 1 unspecified atom stereocenters. The maximum atomic E-state index is 13.3. The highest BCUT2D eigenvalue weighted by Gasteiger charge is 2.33. The standard InChI is InChI=1S/C25H27FN2/c1-17-6-11-22-21(15-17)25-23-5-3-4-13-27(23)14-12-24(25)28(22)16-18(2)19-7-9-20(26)10-8-19/h6-11,15-16,23H,3-5,12-14H2,1-2H3. The summed E-state index contributed by atoms with van der Waals surface area (Å²) in [4.78, 5) is 2.69. The molecule has 1 atom stereocenters. The lowest BCUT2D eigenvalue weighted by Gasteiger charge is -2.39. The van der Waals surface area contributed by atoms with Gasteiger partial charge in [0.05, 0.1) is 5.52 Å². The van der Waals surface area contributed by atoms with Crippen molar-refractivity contribution in [3.8, 4) is 0 Å². The monoisotopic (exact) mass is 374 g/mol. The van der Waals surface area contributed by atoms with Crippen LogP contribution in [-0.2, 0) is 6.42 Å². The van der Waals surface area contributed by atoms with E-state index in [0.29, 0.717) is 6.04 Å². The molecular weight excluding hydrogens is 347 g/mol. The first-order valence-corrected chi connectivity index (χ1v) is 10.4. The van der Waals surface area contributed by atoms with Crippen molar-refractivity contribution in [2.24, 2.45) is 0 Å². The molecular formula is C25H27FN2. The molecule has 2 aliphatic heterocycles. The minimum Gasteiger partial charge on any atom is -0.320 e. The highest BCUT2D eigenvalue weighted by Crippen LogP contribution is 2.42. The fourth-order valence-corrected chi connectivity index (χ4v) is 5.10. The van der Waals surface area contributed by atoms with Gasteiger partial charge in [0, 0.05) is 36.3 Å². The normalized spacial score (nSPS) is 20.2. The summed E-state index contributed by atoms with van der Waals surface area (Å²) in [6.07, 6.45) is 7.26. The number of aryl methyl sites for hydroxylation is 1. The molecule has 2 aromatic carbocycles. The molecule has 3 heterocycles. The highest BCUT2D eigenvalue weighted by atomic mass is 19.1. The predicted octanol–water partition coefficient (Wildman–Crippen LogP) is 6.19. The SMILES string of the molecule is CC(=Cn1c2c(c3cc(C)ccc31)C1CCCCN1CC2)c1ccc(F)cc1. The molecule has 2 nitrogen and oxygen atoms in total. The number of halogens is 1. The molecule has 3 aromatic rings. The van der Waals surface area contributed by atoms with Crippen molar-refractivity contribution in [3.05, 3.63) is 70.7 Å². The van der Waals surface area contributed by atoms with E-state index in [1.807, 2.05) is 12.1 Å². The van der Waals surface area contributed by atoms with Crippen LogP contribution in [0.25, 0.3) is 22.7 Å². The van der Waals surface area contributed by atoms with Crippen molar-refractivity contribution >= 4 is 22.7 Å². The van der Waals surface area contributed by atoms with E-state index >= 15 is 0 Å². The van der Waals surface area contributed by atoms with Gasteiger partial charge in [0.25, 0.3) is 0 Å². The number of aromatic nitrogens is 1. The third-order valence-electron chi connectivity index (χ3n) is 6.51. The van der Waals surface area contributed by atoms with Crippen molar-refractivity contribution in [1.82, 2.24) is 9.47 Å². The smallest absolute Gasteiger partial charge is 0.123 e. The van der Waals surface area contributed by atoms with Crippen molar-refractivity contribution in [2.75, 3.05) is 13.1 Å². The Balaban J connectivity index is 1.69. The molecule has 1 saturated heterocycles. The van der Waals surface area contributed by atoms with E-state index in [0.717, 1.165) is 24.1 Å². The number of hydrogen-bond acceptors (Lipinski definition) is 1. The van der Waals surface area contributed by atoms with Crippen LogP contribution < -0.4 is 0 Å². The van der Waals surface area contributed by atoms with E-state index in [9.17, 15) is 4.39 Å². The fraction of sp³-hybridized carbons (Fsp3) is 0.360. The summed E-state index contributed by atoms with van der Waals surface area (Å²) < 4.78 is 15.7. The van der Waals surface area contributed by atoms with Gasteiger partial charge < -0.3 is 4.57 Å². The fourth-order valence-electron chi connectivity index (χ4n) is 5.10. The summed E-state index contributed by atoms with van der Waals surface area (Å²) in [5, 5.41) is 1.41. The van der Waals surface area contributed by atoms with Gasteiger partial charge in [-0.3, -0.25) is 4.90 Å². The molecule has 144 valence electrons. The molecule has 0 N–H and O–H groups in total. The van der Waals surface area contributed by atoms with Gasteiger partial charge in [-0.15, -0.1) is 0 Å². The first-order chi connectivity index (χ1) is 13.6. The van der Waals surface area contributed by atoms with Crippen LogP contribution in [0.15, 0.2) is 42.5 Å². The molecule has 0 spiro atoms. The van der Waals surface area contributed by atoms with Crippen LogP contribution in [0.4, 0.5) is 4.39 Å². The Morgan fingerprint density at radius 3 is 2.71 bits per heavy atom. The number of rotatable bonds is 2. The van der Waals surface area contributed by atoms with Gasteiger partial charge in [0.1, 0.15) is 5.82 Å². The molecule has 28 heavy (non-hydrogen) atoms. The second kappa shape index (κ2) is 6.89. The summed E-state index contributed by atoms with van der Waals surface area (Å²) in [5.41, 5.74) is 7.85. The van der Waals surface area contributed by atoms with Gasteiger partial charge >= 0.3 is 0 Å². The maximum Gasteiger partial charge on any atom is 0.123 e. The lowest BCUT2D eigenvalue weighted by Crippen LogP contribution is -2.38. The zero-order valence-electron chi connectivity index (χ0n) is 16.7. The van der Waals surface area contributed by atoms with Crippen LogP contribution in [-0.4, -0.2) is 22.6 Å². The quantitative estimate of drug-likeness (QED) is 0.519. The third kappa shape index (κ3) is 2.89. The van der Waals surface area contributed by atoms with Crippen molar-refractivity contribution in [1.29, 1.82) is 0 Å². The van der Waals surface area contributed by atoms with Crippen molar-refractivity contribution in [2.45, 2.75) is 45.6 Å². The molecule has 0 saturated carbocycles. The van der Waals surface area contributed by atoms with Crippen LogP contribution in [0.2, 0.25) is 0 Å². The van der Waals surface area contributed by atoms with E-state index in [1.165, 1.54) is 48.0 Å². The van der Waals surface area contributed by atoms with Crippen LogP contribution in [0.1, 0.15) is 54.6 Å². The maximum absolute atomic E-state index is 13.3. The minimum absolute atomic E-state index is 0.187. The molecule has 1 fully saturated rings. The van der Waals surface area contributed by atoms with Gasteiger partial charge in [-0.25, -0.2) is 4.39 Å². The van der Waals surface area contributed by atoms with Crippen LogP contribution in [0.5, 0.6) is 0 Å². The second-order valence-electron chi connectivity index (χ2n) is 8.37. The second-order valence-corrected chi connectivity index (χ2v) is 8.37. The van der Waals surface area contributed by atoms with Gasteiger partial charge in [0.2, 0.25) is 0 Å². The summed E-state index contributed by atoms with van der Waals surface area (Å²) >= 11 is 0. The first-order valence-electron chi connectivity index (χ1n) is 10.4. The lowest BCUT2D eigenvalue weighted by atomic mass is 9.89. The minimum atomic E-state index is -0.187. The van der Waals surface area contributed by atoms with Gasteiger partial charge in [0.15, 0.2) is 0 Å². The molecule has 3 heteroatoms. The zero-order chi connectivity index (χ0) is 19.3. The van der Waals surface area contributed by atoms with Gasteiger partial charge in [-0.1, -0.05) is 30.2 Å². The van der Waals surface area contributed by atoms with E-state index in [2.05, 4.69) is 47.7 Å². The number of nitrogens with zero attached hydrogens (tertiary/aromatic N) is 2. The number of fused-ring (bicyclic) bond motifs is 5. The van der Waals surface area contributed by atoms with E-state index in [1.54, 1.807) is 17.7 Å². The molecule has 0 aliphatic carbocycles. The summed E-state index contributed by atoms with van der Waals surface area (Å²) in [6, 6.07) is 14.2. The zero-order valence-corrected chi connectivity index (χ0v) is 16.7. The molecule has 5 rings (SSSR count). The highest BCUT2D eigenvalue weighted by molar-refractivity contribution is 5.91. The molecule has 2 aliphatic rings. The van der Waals surface area contributed by atoms with Gasteiger partial charge in [-0.05, 0) is 74.2 Å². The Morgan fingerprint density at radius 1 is 1.07 bits per heavy atom. The van der Waals surface area contributed by atoms with Crippen molar-refractivity contribution < 1.29 is 4.39 Å². The Labute approximate surface area is 166 Å². The van der Waals surface area contributed by atoms with E-state index < -0.39 is 0 Å². The number of benzene rings is 2. The number of piperidine rings is 1. The Morgan fingerprint density at radius 2 is 1.89 bits per heavy atom. The van der Waals surface area contributed by atoms with Crippen LogP contribution in [0.3, 0.4) is 0 Å². The molecule has 0 radical (unpaired) electrons. The van der Waals surface area contributed by atoms with Crippen LogP contribution >= 0.6 is 0 Å². The number of hydrogen-bond donors (Lipinski definition) is 0. The predicted molar refractivity (Wildman–Crippen MR) is 115 cm³/mol. The average Bonchev–Trinajstić information content (AvgIpc) is 3.01. The molecule has 1 aromatic heterocycles. The molecule has 0 amide bonds. The van der Waals surface area contributed by atoms with Crippen molar-refractivity contribution in [3.63, 3.8) is 0 Å². The Hall–Kier alpha value is -2.39. The third-order valence-corrected chi connectivity index (χ3v) is 6.51. The summed E-state index contributed by atoms with van der Waals surface area (Å²) in [7, 11) is 0. The Kier molecular flexibility index (Phi) is 4.36. The Bertz CT molecular complexity index is 1060. The number of allylic oxidation sites excluding steroid dienone is 1. The van der Waals surface area contributed by atoms with E-state index in [-0.39, 0.29) is 5.82 Å². The molecule has 0 bridgehead atoms. The van der Waals surface area contributed by atoms with Gasteiger partial charge in [-0.2, -0.15) is 0 Å². The lowest BCUT2D eigenvalue weighted by molar-refractivity contribution is 0.139. The summed E-state index contributed by atoms with van der Waals surface area (Å²) in [6.45, 7) is 6.68. The first kappa shape index (κ1) is 17.7. The van der Waals surface area contributed by atoms with E-state index in [4.69, 9.17) is 0 Å². The topological polar surface area (TPSA) is 8.17 Å².